The third-order valence-corrected chi connectivity index (χ3v) is 4.61. The summed E-state index contributed by atoms with van der Waals surface area (Å²) in [5.74, 6) is 0. The molecule has 4 rings (SSSR count). The Bertz CT molecular complexity index is 470. The van der Waals surface area contributed by atoms with Crippen molar-refractivity contribution in [2.24, 2.45) is 0 Å². The number of hydrogen-bond acceptors (Lipinski definition) is 2. The molecule has 0 bridgehead atoms. The van der Waals surface area contributed by atoms with Crippen LogP contribution in [0.5, 0.6) is 0 Å². The first-order chi connectivity index (χ1) is 7.39. The van der Waals surface area contributed by atoms with E-state index < -0.39 is 0 Å². The zero-order valence-corrected chi connectivity index (χ0v) is 10.1. The van der Waals surface area contributed by atoms with E-state index in [-0.39, 0.29) is 22.4 Å². The molecule has 2 nitrogen and oxygen atoms in total. The van der Waals surface area contributed by atoms with E-state index in [1.807, 2.05) is 0 Å². The molecule has 2 atom stereocenters. The first-order valence-corrected chi connectivity index (χ1v) is 5.89. The predicted octanol–water partition coefficient (Wildman–Crippen LogP) is 2.71. The van der Waals surface area contributed by atoms with Gasteiger partial charge in [0.2, 0.25) is 0 Å². The van der Waals surface area contributed by atoms with Crippen LogP contribution in [0.4, 0.5) is 0 Å². The van der Waals surface area contributed by atoms with Gasteiger partial charge in [0.25, 0.3) is 0 Å². The van der Waals surface area contributed by atoms with Crippen LogP contribution in [-0.2, 0) is 20.7 Å². The van der Waals surface area contributed by atoms with Crippen LogP contribution in [-0.4, -0.2) is 11.2 Å². The minimum atomic E-state index is -0.180. The van der Waals surface area contributed by atoms with Gasteiger partial charge >= 0.3 is 0 Å². The number of fused-ring (bicyclic) bond motifs is 4. The Morgan fingerprint density at radius 2 is 1.06 bits per heavy atom. The number of ether oxygens (including phenoxy) is 2. The minimum absolute atomic E-state index is 0.0882. The van der Waals surface area contributed by atoms with Crippen molar-refractivity contribution in [1.82, 2.24) is 0 Å². The fourth-order valence-corrected chi connectivity index (χ4v) is 3.88. The van der Waals surface area contributed by atoms with E-state index in [2.05, 4.69) is 52.0 Å². The smallest absolute Gasteiger partial charge is 0.158 e. The monoisotopic (exact) mass is 216 g/mol. The fraction of sp³-hybridized carbons (Fsp3) is 0.571. The molecule has 3 aliphatic rings. The molecule has 0 unspecified atom stereocenters. The molecule has 0 amide bonds. The minimum Gasteiger partial charge on any atom is -0.354 e. The molecule has 2 aliphatic heterocycles. The summed E-state index contributed by atoms with van der Waals surface area (Å²) in [7, 11) is 0. The predicted molar refractivity (Wildman–Crippen MR) is 60.1 cm³/mol. The second-order valence-electron chi connectivity index (χ2n) is 6.13. The van der Waals surface area contributed by atoms with E-state index in [0.29, 0.717) is 0 Å². The van der Waals surface area contributed by atoms with Gasteiger partial charge in [-0.3, -0.25) is 0 Å². The van der Waals surface area contributed by atoms with Crippen molar-refractivity contribution < 1.29 is 9.47 Å². The highest BCUT2D eigenvalue weighted by Gasteiger charge is 2.93. The molecule has 0 radical (unpaired) electrons. The van der Waals surface area contributed by atoms with Crippen molar-refractivity contribution >= 4 is 0 Å². The number of hydrogen-bond donors (Lipinski definition) is 0. The SMILES string of the molecule is CC1(C)O[C@@]12c1ccccc1[C@@]21OC1(C)C. The summed E-state index contributed by atoms with van der Waals surface area (Å²) in [5, 5.41) is 0. The van der Waals surface area contributed by atoms with Crippen LogP contribution in [0, 0.1) is 0 Å². The molecule has 2 spiro atoms. The lowest BCUT2D eigenvalue weighted by molar-refractivity contribution is 0.117. The summed E-state index contributed by atoms with van der Waals surface area (Å²) >= 11 is 0. The molecular weight excluding hydrogens is 200 g/mol. The van der Waals surface area contributed by atoms with Gasteiger partial charge in [-0.15, -0.1) is 0 Å². The maximum atomic E-state index is 6.04. The van der Waals surface area contributed by atoms with Crippen LogP contribution < -0.4 is 0 Å². The second kappa shape index (κ2) is 1.98. The Hall–Kier alpha value is -0.860. The average molecular weight is 216 g/mol. The highest BCUT2D eigenvalue weighted by molar-refractivity contribution is 5.62. The van der Waals surface area contributed by atoms with Crippen LogP contribution in [0.2, 0.25) is 0 Å². The van der Waals surface area contributed by atoms with Crippen LogP contribution in [0.3, 0.4) is 0 Å². The van der Waals surface area contributed by atoms with E-state index in [0.717, 1.165) is 0 Å². The van der Waals surface area contributed by atoms with Crippen LogP contribution >= 0.6 is 0 Å². The third kappa shape index (κ3) is 0.593. The van der Waals surface area contributed by atoms with Crippen molar-refractivity contribution in [3.63, 3.8) is 0 Å². The molecule has 2 fully saturated rings. The second-order valence-corrected chi connectivity index (χ2v) is 6.13. The lowest BCUT2D eigenvalue weighted by Crippen LogP contribution is -2.48. The van der Waals surface area contributed by atoms with Gasteiger partial charge in [-0.1, -0.05) is 24.3 Å². The third-order valence-electron chi connectivity index (χ3n) is 4.61. The Balaban J connectivity index is 1.98. The van der Waals surface area contributed by atoms with Gasteiger partial charge in [-0.25, -0.2) is 0 Å². The standard InChI is InChI=1S/C14H16O2/c1-11(2)13(15-11)9-7-5-6-8-10(9)14(13)12(3,4)16-14/h5-8H,1-4H3/t13-,14-/m0/s1. The van der Waals surface area contributed by atoms with Crippen molar-refractivity contribution in [1.29, 1.82) is 0 Å². The average Bonchev–Trinajstić information content (AvgIpc) is 3.01. The quantitative estimate of drug-likeness (QED) is 0.623. The molecule has 1 aromatic carbocycles. The zero-order chi connectivity index (χ0) is 11.4. The van der Waals surface area contributed by atoms with Crippen molar-refractivity contribution in [2.75, 3.05) is 0 Å². The number of epoxide rings is 2. The summed E-state index contributed by atoms with van der Waals surface area (Å²) in [6.45, 7) is 8.62. The van der Waals surface area contributed by atoms with Gasteiger partial charge in [0.1, 0.15) is 11.2 Å². The fourth-order valence-electron chi connectivity index (χ4n) is 3.88. The molecular formula is C14H16O2. The molecule has 2 heterocycles. The normalized spacial score (nSPS) is 44.0. The van der Waals surface area contributed by atoms with Gasteiger partial charge in [0, 0.05) is 0 Å². The van der Waals surface area contributed by atoms with Crippen LogP contribution in [0.1, 0.15) is 38.8 Å². The zero-order valence-electron chi connectivity index (χ0n) is 10.1. The van der Waals surface area contributed by atoms with E-state index in [9.17, 15) is 0 Å². The van der Waals surface area contributed by atoms with Crippen molar-refractivity contribution in [3.8, 4) is 0 Å². The molecule has 2 saturated heterocycles. The molecule has 0 aromatic heterocycles. The maximum Gasteiger partial charge on any atom is 0.158 e. The molecule has 2 heteroatoms. The van der Waals surface area contributed by atoms with Crippen LogP contribution in [0.25, 0.3) is 0 Å². The van der Waals surface area contributed by atoms with E-state index in [1.54, 1.807) is 0 Å². The molecule has 1 aliphatic carbocycles. The summed E-state index contributed by atoms with van der Waals surface area (Å²) in [6, 6.07) is 8.52. The lowest BCUT2D eigenvalue weighted by atomic mass is 9.58. The number of benzene rings is 1. The lowest BCUT2D eigenvalue weighted by Gasteiger charge is -2.38. The van der Waals surface area contributed by atoms with Crippen molar-refractivity contribution in [2.45, 2.75) is 50.1 Å². The van der Waals surface area contributed by atoms with E-state index in [4.69, 9.17) is 9.47 Å². The Morgan fingerprint density at radius 3 is 1.31 bits per heavy atom. The molecule has 84 valence electrons. The molecule has 0 N–H and O–H groups in total. The van der Waals surface area contributed by atoms with Gasteiger partial charge in [-0.05, 0) is 38.8 Å². The highest BCUT2D eigenvalue weighted by Crippen LogP contribution is 2.83. The van der Waals surface area contributed by atoms with Crippen LogP contribution in [0.15, 0.2) is 24.3 Å². The van der Waals surface area contributed by atoms with Gasteiger partial charge < -0.3 is 9.47 Å². The number of rotatable bonds is 0. The summed E-state index contributed by atoms with van der Waals surface area (Å²) in [4.78, 5) is 0. The van der Waals surface area contributed by atoms with Gasteiger partial charge in [-0.2, -0.15) is 0 Å². The van der Waals surface area contributed by atoms with E-state index >= 15 is 0 Å². The maximum absolute atomic E-state index is 6.04. The van der Waals surface area contributed by atoms with Gasteiger partial charge in [0.05, 0.1) is 0 Å². The highest BCUT2D eigenvalue weighted by atomic mass is 16.7. The van der Waals surface area contributed by atoms with Gasteiger partial charge in [0.15, 0.2) is 11.2 Å². The molecule has 0 saturated carbocycles. The first-order valence-electron chi connectivity index (χ1n) is 5.89. The first kappa shape index (κ1) is 9.20. The Kier molecular flexibility index (Phi) is 1.14. The summed E-state index contributed by atoms with van der Waals surface area (Å²) < 4.78 is 12.1. The largest absolute Gasteiger partial charge is 0.354 e. The topological polar surface area (TPSA) is 25.1 Å². The Labute approximate surface area is 95.6 Å². The summed E-state index contributed by atoms with van der Waals surface area (Å²) in [5.41, 5.74) is 2.11. The van der Waals surface area contributed by atoms with E-state index in [1.165, 1.54) is 11.1 Å². The molecule has 16 heavy (non-hydrogen) atoms. The molecule has 1 aromatic rings. The Morgan fingerprint density at radius 1 is 0.750 bits per heavy atom. The summed E-state index contributed by atoms with van der Waals surface area (Å²) in [6.07, 6.45) is 0. The van der Waals surface area contributed by atoms with Crippen molar-refractivity contribution in [3.05, 3.63) is 35.4 Å².